The number of rotatable bonds is 1. The molecular formula is C7H9O. The van der Waals surface area contributed by atoms with Crippen LogP contribution in [-0.4, -0.2) is 0 Å². The molecule has 1 nitrogen and oxygen atoms in total. The van der Waals surface area contributed by atoms with Gasteiger partial charge in [0.05, 0.1) is 6.26 Å². The summed E-state index contributed by atoms with van der Waals surface area (Å²) >= 11 is 0. The summed E-state index contributed by atoms with van der Waals surface area (Å²) in [5, 5.41) is 0. The standard InChI is InChI=1S/C7H9O/c1-3-7-5-8-4-6(7)2/h4H,3H2,1-2H3. The number of hydrogen-bond acceptors (Lipinski definition) is 1. The van der Waals surface area contributed by atoms with Crippen molar-refractivity contribution in [2.24, 2.45) is 0 Å². The Morgan fingerprint density at radius 3 is 2.75 bits per heavy atom. The highest BCUT2D eigenvalue weighted by molar-refractivity contribution is 5.17. The maximum Gasteiger partial charge on any atom is 0.172 e. The zero-order chi connectivity index (χ0) is 5.98. The molecule has 0 saturated carbocycles. The van der Waals surface area contributed by atoms with Crippen LogP contribution in [0.4, 0.5) is 0 Å². The average Bonchev–Trinajstić information content (AvgIpc) is 2.14. The van der Waals surface area contributed by atoms with Gasteiger partial charge in [-0.2, -0.15) is 0 Å². The van der Waals surface area contributed by atoms with E-state index in [-0.39, 0.29) is 0 Å². The zero-order valence-corrected chi connectivity index (χ0v) is 5.19. The van der Waals surface area contributed by atoms with Gasteiger partial charge in [-0.15, -0.1) is 0 Å². The first-order chi connectivity index (χ1) is 3.84. The third kappa shape index (κ3) is 0.760. The van der Waals surface area contributed by atoms with E-state index in [1.807, 2.05) is 6.92 Å². The van der Waals surface area contributed by atoms with Crippen LogP contribution in [0.1, 0.15) is 18.1 Å². The first-order valence-corrected chi connectivity index (χ1v) is 2.79. The van der Waals surface area contributed by atoms with Gasteiger partial charge in [0.25, 0.3) is 0 Å². The largest absolute Gasteiger partial charge is 0.460 e. The first kappa shape index (κ1) is 5.42. The molecule has 0 N–H and O–H groups in total. The Kier molecular flexibility index (Phi) is 1.38. The Balaban J connectivity index is 2.92. The lowest BCUT2D eigenvalue weighted by Crippen LogP contribution is -1.75. The van der Waals surface area contributed by atoms with Gasteiger partial charge in [0, 0.05) is 5.56 Å². The molecule has 1 heteroatoms. The molecule has 1 rings (SSSR count). The van der Waals surface area contributed by atoms with E-state index in [1.165, 1.54) is 11.1 Å². The van der Waals surface area contributed by atoms with Crippen LogP contribution < -0.4 is 0 Å². The van der Waals surface area contributed by atoms with Crippen molar-refractivity contribution in [1.29, 1.82) is 0 Å². The molecule has 0 aliphatic rings. The van der Waals surface area contributed by atoms with Crippen molar-refractivity contribution in [3.63, 3.8) is 0 Å². The molecule has 0 fully saturated rings. The first-order valence-electron chi connectivity index (χ1n) is 2.79. The minimum Gasteiger partial charge on any atom is -0.460 e. The van der Waals surface area contributed by atoms with Gasteiger partial charge in [-0.3, -0.25) is 0 Å². The summed E-state index contributed by atoms with van der Waals surface area (Å²) in [6.07, 6.45) is 5.52. The summed E-state index contributed by atoms with van der Waals surface area (Å²) in [5.74, 6) is 0. The lowest BCUT2D eigenvalue weighted by molar-refractivity contribution is 0.553. The van der Waals surface area contributed by atoms with Crippen molar-refractivity contribution < 1.29 is 4.42 Å². The fourth-order valence-electron chi connectivity index (χ4n) is 0.692. The molecule has 0 aromatic carbocycles. The van der Waals surface area contributed by atoms with E-state index < -0.39 is 0 Å². The van der Waals surface area contributed by atoms with Crippen molar-refractivity contribution >= 4 is 0 Å². The van der Waals surface area contributed by atoms with Gasteiger partial charge in [-0.1, -0.05) is 6.92 Å². The van der Waals surface area contributed by atoms with E-state index in [0.717, 1.165) is 6.42 Å². The second-order valence-electron chi connectivity index (χ2n) is 1.85. The number of aryl methyl sites for hydroxylation is 2. The van der Waals surface area contributed by atoms with Crippen LogP contribution in [0.2, 0.25) is 0 Å². The Bertz CT molecular complexity index is 165. The summed E-state index contributed by atoms with van der Waals surface area (Å²) in [5.41, 5.74) is 2.39. The van der Waals surface area contributed by atoms with E-state index in [4.69, 9.17) is 4.42 Å². The van der Waals surface area contributed by atoms with Crippen LogP contribution in [0.3, 0.4) is 0 Å². The predicted octanol–water partition coefficient (Wildman–Crippen LogP) is 1.95. The molecule has 0 saturated heterocycles. The van der Waals surface area contributed by atoms with Crippen LogP contribution in [0, 0.1) is 13.2 Å². The van der Waals surface area contributed by atoms with Crippen LogP contribution in [0.25, 0.3) is 0 Å². The van der Waals surface area contributed by atoms with Crippen LogP contribution >= 0.6 is 0 Å². The molecule has 1 aromatic heterocycles. The van der Waals surface area contributed by atoms with Crippen LogP contribution in [0.15, 0.2) is 10.7 Å². The molecule has 43 valence electrons. The summed E-state index contributed by atoms with van der Waals surface area (Å²) < 4.78 is 4.81. The van der Waals surface area contributed by atoms with Gasteiger partial charge < -0.3 is 4.42 Å². The summed E-state index contributed by atoms with van der Waals surface area (Å²) in [6, 6.07) is 0. The van der Waals surface area contributed by atoms with Crippen molar-refractivity contribution in [2.45, 2.75) is 20.3 Å². The van der Waals surface area contributed by atoms with Gasteiger partial charge in [-0.25, -0.2) is 0 Å². The van der Waals surface area contributed by atoms with Crippen LogP contribution in [-0.2, 0) is 6.42 Å². The highest BCUT2D eigenvalue weighted by Gasteiger charge is 1.95. The lowest BCUT2D eigenvalue weighted by atomic mass is 10.2. The SMILES string of the molecule is CCc1[c]occ1C. The van der Waals surface area contributed by atoms with Gasteiger partial charge in [0.1, 0.15) is 0 Å². The summed E-state index contributed by atoms with van der Waals surface area (Å²) in [6.45, 7) is 4.12. The maximum atomic E-state index is 4.81. The van der Waals surface area contributed by atoms with Gasteiger partial charge in [-0.05, 0) is 18.9 Å². The molecule has 0 amide bonds. The van der Waals surface area contributed by atoms with E-state index >= 15 is 0 Å². The maximum absolute atomic E-state index is 4.81. The molecule has 8 heavy (non-hydrogen) atoms. The predicted molar refractivity (Wildman–Crippen MR) is 31.7 cm³/mol. The highest BCUT2D eigenvalue weighted by atomic mass is 16.3. The molecule has 0 spiro atoms. The quantitative estimate of drug-likeness (QED) is 0.537. The Morgan fingerprint density at radius 2 is 2.50 bits per heavy atom. The fraction of sp³-hybridized carbons (Fsp3) is 0.429. The lowest BCUT2D eigenvalue weighted by Gasteiger charge is -1.84. The average molecular weight is 109 g/mol. The normalized spacial score (nSPS) is 9.75. The summed E-state index contributed by atoms with van der Waals surface area (Å²) in [7, 11) is 0. The fourth-order valence-corrected chi connectivity index (χ4v) is 0.692. The third-order valence-electron chi connectivity index (χ3n) is 1.25. The van der Waals surface area contributed by atoms with E-state index in [9.17, 15) is 0 Å². The van der Waals surface area contributed by atoms with Gasteiger partial charge in [0.15, 0.2) is 6.26 Å². The van der Waals surface area contributed by atoms with Gasteiger partial charge >= 0.3 is 0 Å². The molecule has 1 heterocycles. The monoisotopic (exact) mass is 109 g/mol. The molecule has 0 aliphatic carbocycles. The topological polar surface area (TPSA) is 13.1 Å². The van der Waals surface area contributed by atoms with E-state index in [0.29, 0.717) is 0 Å². The van der Waals surface area contributed by atoms with E-state index in [1.54, 1.807) is 6.26 Å². The van der Waals surface area contributed by atoms with Crippen molar-refractivity contribution in [3.8, 4) is 0 Å². The summed E-state index contributed by atoms with van der Waals surface area (Å²) in [4.78, 5) is 0. The molecular weight excluding hydrogens is 100 g/mol. The smallest absolute Gasteiger partial charge is 0.172 e. The molecule has 0 bridgehead atoms. The number of furan rings is 1. The highest BCUT2D eigenvalue weighted by Crippen LogP contribution is 2.06. The van der Waals surface area contributed by atoms with Crippen LogP contribution in [0.5, 0.6) is 0 Å². The Morgan fingerprint density at radius 1 is 1.75 bits per heavy atom. The molecule has 0 aliphatic heterocycles. The van der Waals surface area contributed by atoms with Gasteiger partial charge in [0.2, 0.25) is 0 Å². The molecule has 0 unspecified atom stereocenters. The van der Waals surface area contributed by atoms with E-state index in [2.05, 4.69) is 13.2 Å². The second-order valence-corrected chi connectivity index (χ2v) is 1.85. The Labute approximate surface area is 49.3 Å². The second kappa shape index (κ2) is 2.03. The third-order valence-corrected chi connectivity index (χ3v) is 1.25. The zero-order valence-electron chi connectivity index (χ0n) is 5.19. The Hall–Kier alpha value is -0.720. The minimum absolute atomic E-state index is 1.02. The molecule has 1 aromatic rings. The molecule has 0 atom stereocenters. The van der Waals surface area contributed by atoms with Crippen molar-refractivity contribution in [3.05, 3.63) is 23.7 Å². The van der Waals surface area contributed by atoms with Crippen molar-refractivity contribution in [1.82, 2.24) is 0 Å². The molecule has 1 radical (unpaired) electrons. The number of hydrogen-bond donors (Lipinski definition) is 0. The minimum atomic E-state index is 1.02. The van der Waals surface area contributed by atoms with Crippen molar-refractivity contribution in [2.75, 3.05) is 0 Å².